The van der Waals surface area contributed by atoms with Crippen LogP contribution in [0.3, 0.4) is 0 Å². The highest BCUT2D eigenvalue weighted by Crippen LogP contribution is 2.31. The van der Waals surface area contributed by atoms with Crippen molar-refractivity contribution in [3.8, 4) is 6.07 Å². The molecule has 1 aliphatic heterocycles. The van der Waals surface area contributed by atoms with Gasteiger partial charge in [0, 0.05) is 10.6 Å². The van der Waals surface area contributed by atoms with Gasteiger partial charge in [-0.25, -0.2) is 0 Å². The third kappa shape index (κ3) is 2.61. The molecule has 0 bridgehead atoms. The normalized spacial score (nSPS) is 17.1. The zero-order chi connectivity index (χ0) is 12.5. The largest absolute Gasteiger partial charge is 0.346 e. The van der Waals surface area contributed by atoms with Crippen LogP contribution in [0.5, 0.6) is 0 Å². The standard InChI is InChI=1S/C13H14ClNO2/c1-13(2,8-15)10-5-9(6-11(14)7-10)12-16-3-4-17-12/h5-7,12H,3-4H2,1-2H3. The van der Waals surface area contributed by atoms with Gasteiger partial charge in [0.25, 0.3) is 0 Å². The molecule has 1 aliphatic rings. The van der Waals surface area contributed by atoms with Crippen LogP contribution in [0.1, 0.15) is 31.3 Å². The lowest BCUT2D eigenvalue weighted by Gasteiger charge is -2.19. The second kappa shape index (κ2) is 4.66. The molecule has 0 amide bonds. The van der Waals surface area contributed by atoms with Crippen molar-refractivity contribution >= 4 is 11.6 Å². The Morgan fingerprint density at radius 2 is 1.94 bits per heavy atom. The summed E-state index contributed by atoms with van der Waals surface area (Å²) >= 11 is 6.07. The monoisotopic (exact) mass is 251 g/mol. The molecule has 1 fully saturated rings. The van der Waals surface area contributed by atoms with Gasteiger partial charge in [-0.3, -0.25) is 0 Å². The zero-order valence-corrected chi connectivity index (χ0v) is 10.6. The fourth-order valence-corrected chi connectivity index (χ4v) is 1.97. The quantitative estimate of drug-likeness (QED) is 0.811. The Kier molecular flexibility index (Phi) is 3.39. The molecular formula is C13H14ClNO2. The van der Waals surface area contributed by atoms with Gasteiger partial charge in [0.2, 0.25) is 0 Å². The molecule has 0 saturated carbocycles. The number of halogens is 1. The minimum atomic E-state index is -0.571. The number of nitriles is 1. The highest BCUT2D eigenvalue weighted by Gasteiger charge is 2.24. The van der Waals surface area contributed by atoms with E-state index in [0.717, 1.165) is 11.1 Å². The number of hydrogen-bond donors (Lipinski definition) is 0. The number of ether oxygens (including phenoxy) is 2. The van der Waals surface area contributed by atoms with Crippen LogP contribution in [0, 0.1) is 11.3 Å². The van der Waals surface area contributed by atoms with E-state index in [4.69, 9.17) is 26.3 Å². The number of rotatable bonds is 2. The molecule has 0 N–H and O–H groups in total. The van der Waals surface area contributed by atoms with Crippen molar-refractivity contribution < 1.29 is 9.47 Å². The predicted molar refractivity (Wildman–Crippen MR) is 64.7 cm³/mol. The van der Waals surface area contributed by atoms with Gasteiger partial charge in [0.1, 0.15) is 0 Å². The molecule has 1 aromatic carbocycles. The first-order valence-corrected chi connectivity index (χ1v) is 5.86. The molecule has 0 unspecified atom stereocenters. The maximum absolute atomic E-state index is 9.14. The molecule has 0 spiro atoms. The van der Waals surface area contributed by atoms with Gasteiger partial charge in [0.05, 0.1) is 24.7 Å². The highest BCUT2D eigenvalue weighted by molar-refractivity contribution is 6.30. The summed E-state index contributed by atoms with van der Waals surface area (Å²) in [6.45, 7) is 4.90. The molecule has 2 rings (SSSR count). The predicted octanol–water partition coefficient (Wildman–Crippen LogP) is 3.19. The second-order valence-corrected chi connectivity index (χ2v) is 5.02. The van der Waals surface area contributed by atoms with Crippen molar-refractivity contribution in [2.75, 3.05) is 13.2 Å². The Morgan fingerprint density at radius 3 is 2.53 bits per heavy atom. The number of hydrogen-bond acceptors (Lipinski definition) is 3. The van der Waals surface area contributed by atoms with Crippen molar-refractivity contribution in [1.82, 2.24) is 0 Å². The molecule has 0 radical (unpaired) electrons. The second-order valence-electron chi connectivity index (χ2n) is 4.58. The molecule has 3 nitrogen and oxygen atoms in total. The summed E-state index contributed by atoms with van der Waals surface area (Å²) in [6.07, 6.45) is -0.359. The average Bonchev–Trinajstić information content (AvgIpc) is 2.81. The van der Waals surface area contributed by atoms with Crippen molar-refractivity contribution in [3.63, 3.8) is 0 Å². The van der Waals surface area contributed by atoms with Gasteiger partial charge in [-0.05, 0) is 37.6 Å². The first-order valence-electron chi connectivity index (χ1n) is 5.48. The first-order chi connectivity index (χ1) is 8.03. The lowest BCUT2D eigenvalue weighted by Crippen LogP contribution is -2.14. The first kappa shape index (κ1) is 12.4. The molecule has 1 aromatic rings. The molecule has 17 heavy (non-hydrogen) atoms. The lowest BCUT2D eigenvalue weighted by atomic mass is 9.85. The van der Waals surface area contributed by atoms with Gasteiger partial charge >= 0.3 is 0 Å². The van der Waals surface area contributed by atoms with Gasteiger partial charge in [0.15, 0.2) is 6.29 Å². The minimum Gasteiger partial charge on any atom is -0.346 e. The summed E-state index contributed by atoms with van der Waals surface area (Å²) in [5, 5.41) is 9.74. The van der Waals surface area contributed by atoms with Crippen LogP contribution in [-0.4, -0.2) is 13.2 Å². The summed E-state index contributed by atoms with van der Waals surface area (Å²) in [4.78, 5) is 0. The average molecular weight is 252 g/mol. The van der Waals surface area contributed by atoms with Gasteiger partial charge in [-0.2, -0.15) is 5.26 Å². The van der Waals surface area contributed by atoms with E-state index < -0.39 is 5.41 Å². The SMILES string of the molecule is CC(C)(C#N)c1cc(Cl)cc(C2OCCO2)c1. The topological polar surface area (TPSA) is 42.2 Å². The fraction of sp³-hybridized carbons (Fsp3) is 0.462. The van der Waals surface area contributed by atoms with Crippen LogP contribution in [0.25, 0.3) is 0 Å². The van der Waals surface area contributed by atoms with Crippen LogP contribution in [0.2, 0.25) is 5.02 Å². The maximum Gasteiger partial charge on any atom is 0.184 e. The molecule has 0 aliphatic carbocycles. The molecular weight excluding hydrogens is 238 g/mol. The van der Waals surface area contributed by atoms with Crippen LogP contribution < -0.4 is 0 Å². The lowest BCUT2D eigenvalue weighted by molar-refractivity contribution is -0.0441. The van der Waals surface area contributed by atoms with Crippen LogP contribution in [-0.2, 0) is 14.9 Å². The Morgan fingerprint density at radius 1 is 1.29 bits per heavy atom. The van der Waals surface area contributed by atoms with Gasteiger partial charge in [-0.1, -0.05) is 11.6 Å². The Hall–Kier alpha value is -1.08. The Bertz CT molecular complexity index is 459. The van der Waals surface area contributed by atoms with Crippen molar-refractivity contribution in [3.05, 3.63) is 34.3 Å². The minimum absolute atomic E-state index is 0.359. The van der Waals surface area contributed by atoms with E-state index in [2.05, 4.69) is 6.07 Å². The third-order valence-electron chi connectivity index (χ3n) is 2.82. The van der Waals surface area contributed by atoms with E-state index in [0.29, 0.717) is 18.2 Å². The summed E-state index contributed by atoms with van der Waals surface area (Å²) in [5.74, 6) is 0. The van der Waals surface area contributed by atoms with Gasteiger partial charge in [-0.15, -0.1) is 0 Å². The number of benzene rings is 1. The summed E-state index contributed by atoms with van der Waals surface area (Å²) in [6, 6.07) is 7.81. The maximum atomic E-state index is 9.14. The van der Waals surface area contributed by atoms with E-state index in [-0.39, 0.29) is 6.29 Å². The Labute approximate surface area is 106 Å². The van der Waals surface area contributed by atoms with E-state index in [1.807, 2.05) is 32.0 Å². The van der Waals surface area contributed by atoms with Crippen LogP contribution in [0.15, 0.2) is 18.2 Å². The molecule has 90 valence electrons. The van der Waals surface area contributed by atoms with E-state index >= 15 is 0 Å². The smallest absolute Gasteiger partial charge is 0.184 e. The van der Waals surface area contributed by atoms with Crippen LogP contribution in [0.4, 0.5) is 0 Å². The molecule has 0 aromatic heterocycles. The third-order valence-corrected chi connectivity index (χ3v) is 3.03. The summed E-state index contributed by atoms with van der Waals surface area (Å²) in [5.41, 5.74) is 1.17. The molecule has 1 heterocycles. The van der Waals surface area contributed by atoms with E-state index in [9.17, 15) is 0 Å². The van der Waals surface area contributed by atoms with Gasteiger partial charge < -0.3 is 9.47 Å². The van der Waals surface area contributed by atoms with Crippen molar-refractivity contribution in [2.24, 2.45) is 0 Å². The van der Waals surface area contributed by atoms with E-state index in [1.54, 1.807) is 0 Å². The fourth-order valence-electron chi connectivity index (χ4n) is 1.72. The van der Waals surface area contributed by atoms with E-state index in [1.165, 1.54) is 0 Å². The van der Waals surface area contributed by atoms with Crippen LogP contribution >= 0.6 is 11.6 Å². The number of nitrogens with zero attached hydrogens (tertiary/aromatic N) is 1. The molecule has 1 saturated heterocycles. The molecule has 4 heteroatoms. The summed E-state index contributed by atoms with van der Waals surface area (Å²) < 4.78 is 10.9. The summed E-state index contributed by atoms with van der Waals surface area (Å²) in [7, 11) is 0. The van der Waals surface area contributed by atoms with Crippen molar-refractivity contribution in [1.29, 1.82) is 5.26 Å². The Balaban J connectivity index is 2.39. The molecule has 0 atom stereocenters. The van der Waals surface area contributed by atoms with Crippen molar-refractivity contribution in [2.45, 2.75) is 25.6 Å². The highest BCUT2D eigenvalue weighted by atomic mass is 35.5. The zero-order valence-electron chi connectivity index (χ0n) is 9.87.